The number of amides is 1. The molecule has 0 saturated heterocycles. The molecule has 8 nitrogen and oxygen atoms in total. The zero-order valence-corrected chi connectivity index (χ0v) is 15.9. The number of anilines is 2. The number of ether oxygens (including phenoxy) is 2. The highest BCUT2D eigenvalue weighted by Crippen LogP contribution is 2.35. The lowest BCUT2D eigenvalue weighted by atomic mass is 10.2. The maximum absolute atomic E-state index is 12.4. The highest BCUT2D eigenvalue weighted by atomic mass is 32.2. The van der Waals surface area contributed by atoms with Crippen molar-refractivity contribution in [1.29, 1.82) is 0 Å². The van der Waals surface area contributed by atoms with Gasteiger partial charge in [0.15, 0.2) is 15.8 Å². The van der Waals surface area contributed by atoms with Crippen molar-refractivity contribution >= 4 is 39.8 Å². The van der Waals surface area contributed by atoms with Gasteiger partial charge in [0.25, 0.3) is 0 Å². The summed E-state index contributed by atoms with van der Waals surface area (Å²) in [5, 5.41) is 14.6. The highest BCUT2D eigenvalue weighted by molar-refractivity contribution is 8.02. The summed E-state index contributed by atoms with van der Waals surface area (Å²) < 4.78 is 16.6. The van der Waals surface area contributed by atoms with Gasteiger partial charge in [0.05, 0.1) is 18.1 Å². The van der Waals surface area contributed by atoms with Crippen LogP contribution in [0.25, 0.3) is 0 Å². The van der Waals surface area contributed by atoms with Gasteiger partial charge in [-0.2, -0.15) is 0 Å². The number of carbonyl (C=O) groups excluding carboxylic acids is 1. The number of fused-ring (bicyclic) bond motifs is 1. The first-order chi connectivity index (χ1) is 13.2. The van der Waals surface area contributed by atoms with Crippen molar-refractivity contribution in [3.8, 4) is 11.5 Å². The second kappa shape index (κ2) is 7.89. The molecule has 1 atom stereocenters. The fourth-order valence-electron chi connectivity index (χ4n) is 2.33. The summed E-state index contributed by atoms with van der Waals surface area (Å²) >= 11 is 2.75. The molecule has 2 aromatic heterocycles. The predicted molar refractivity (Wildman–Crippen MR) is 102 cm³/mol. The molecule has 1 aliphatic rings. The van der Waals surface area contributed by atoms with Crippen LogP contribution < -0.4 is 20.1 Å². The SMILES string of the molecule is C[C@H](Sc1nnc(NCc2ccco2)s1)C(=O)Nc1ccc2c(c1)OCO2. The molecule has 2 N–H and O–H groups in total. The number of rotatable bonds is 7. The minimum atomic E-state index is -0.332. The van der Waals surface area contributed by atoms with Gasteiger partial charge < -0.3 is 24.5 Å². The minimum absolute atomic E-state index is 0.126. The Bertz CT molecular complexity index is 929. The van der Waals surface area contributed by atoms with E-state index in [0.717, 1.165) is 5.76 Å². The normalized spacial score (nSPS) is 13.4. The average Bonchev–Trinajstić information content (AvgIpc) is 3.41. The van der Waals surface area contributed by atoms with Crippen molar-refractivity contribution in [1.82, 2.24) is 10.2 Å². The van der Waals surface area contributed by atoms with Crippen LogP contribution >= 0.6 is 23.1 Å². The Labute approximate surface area is 163 Å². The van der Waals surface area contributed by atoms with Crippen molar-refractivity contribution in [3.63, 3.8) is 0 Å². The Hall–Kier alpha value is -2.72. The van der Waals surface area contributed by atoms with Gasteiger partial charge >= 0.3 is 0 Å². The molecule has 27 heavy (non-hydrogen) atoms. The molecule has 1 aliphatic heterocycles. The van der Waals surface area contributed by atoms with Gasteiger partial charge in [0.1, 0.15) is 5.76 Å². The first-order valence-electron chi connectivity index (χ1n) is 8.14. The van der Waals surface area contributed by atoms with E-state index in [2.05, 4.69) is 20.8 Å². The third-order valence-electron chi connectivity index (χ3n) is 3.69. The van der Waals surface area contributed by atoms with E-state index in [-0.39, 0.29) is 18.0 Å². The number of thioether (sulfide) groups is 1. The summed E-state index contributed by atoms with van der Waals surface area (Å²) in [5.74, 6) is 2.00. The van der Waals surface area contributed by atoms with Crippen LogP contribution in [0.3, 0.4) is 0 Å². The van der Waals surface area contributed by atoms with E-state index in [1.807, 2.05) is 19.1 Å². The molecule has 0 saturated carbocycles. The Kier molecular flexibility index (Phi) is 5.16. The third-order valence-corrected chi connectivity index (χ3v) is 5.75. The smallest absolute Gasteiger partial charge is 0.237 e. The molecule has 0 spiro atoms. The molecule has 0 aliphatic carbocycles. The molecule has 3 heterocycles. The topological polar surface area (TPSA) is 98.5 Å². The molecule has 1 amide bonds. The molecule has 140 valence electrons. The molecule has 0 radical (unpaired) electrons. The monoisotopic (exact) mass is 404 g/mol. The molecular formula is C17H16N4O4S2. The lowest BCUT2D eigenvalue weighted by Crippen LogP contribution is -2.22. The fourth-order valence-corrected chi connectivity index (χ4v) is 4.22. The van der Waals surface area contributed by atoms with Crippen LogP contribution in [0.1, 0.15) is 12.7 Å². The van der Waals surface area contributed by atoms with E-state index in [0.29, 0.717) is 33.2 Å². The van der Waals surface area contributed by atoms with Crippen molar-refractivity contribution in [2.24, 2.45) is 0 Å². The van der Waals surface area contributed by atoms with E-state index < -0.39 is 0 Å². The van der Waals surface area contributed by atoms with Crippen molar-refractivity contribution in [2.75, 3.05) is 17.4 Å². The van der Waals surface area contributed by atoms with Crippen LogP contribution in [0.15, 0.2) is 45.4 Å². The zero-order valence-electron chi connectivity index (χ0n) is 14.3. The van der Waals surface area contributed by atoms with Crippen molar-refractivity contribution in [2.45, 2.75) is 23.1 Å². The van der Waals surface area contributed by atoms with Crippen LogP contribution in [-0.2, 0) is 11.3 Å². The van der Waals surface area contributed by atoms with E-state index in [9.17, 15) is 4.79 Å². The lowest BCUT2D eigenvalue weighted by Gasteiger charge is -2.10. The van der Waals surface area contributed by atoms with Crippen LogP contribution in [0.5, 0.6) is 11.5 Å². The number of hydrogen-bond acceptors (Lipinski definition) is 9. The molecule has 0 unspecified atom stereocenters. The average molecular weight is 404 g/mol. The first kappa shape index (κ1) is 17.7. The maximum Gasteiger partial charge on any atom is 0.237 e. The minimum Gasteiger partial charge on any atom is -0.467 e. The van der Waals surface area contributed by atoms with Gasteiger partial charge in [0, 0.05) is 11.8 Å². The quantitative estimate of drug-likeness (QED) is 0.577. The van der Waals surface area contributed by atoms with E-state index >= 15 is 0 Å². The molecule has 1 aromatic carbocycles. The van der Waals surface area contributed by atoms with E-state index in [4.69, 9.17) is 13.9 Å². The number of carbonyl (C=O) groups is 1. The number of nitrogens with zero attached hydrogens (tertiary/aromatic N) is 2. The summed E-state index contributed by atoms with van der Waals surface area (Å²) in [6.45, 7) is 2.56. The Balaban J connectivity index is 1.30. The molecular weight excluding hydrogens is 388 g/mol. The number of hydrogen-bond donors (Lipinski definition) is 2. The zero-order chi connectivity index (χ0) is 18.6. The Morgan fingerprint density at radius 1 is 1.30 bits per heavy atom. The van der Waals surface area contributed by atoms with Crippen molar-refractivity contribution in [3.05, 3.63) is 42.4 Å². The molecule has 4 rings (SSSR count). The molecule has 3 aromatic rings. The van der Waals surface area contributed by atoms with Crippen LogP contribution in [0, 0.1) is 0 Å². The molecule has 0 bridgehead atoms. The molecule has 0 fully saturated rings. The largest absolute Gasteiger partial charge is 0.467 e. The number of benzene rings is 1. The Morgan fingerprint density at radius 2 is 2.19 bits per heavy atom. The second-order valence-electron chi connectivity index (χ2n) is 5.62. The number of nitrogens with one attached hydrogen (secondary N) is 2. The van der Waals surface area contributed by atoms with Crippen LogP contribution in [0.4, 0.5) is 10.8 Å². The summed E-state index contributed by atoms with van der Waals surface area (Å²) in [6.07, 6.45) is 1.62. The number of furan rings is 1. The highest BCUT2D eigenvalue weighted by Gasteiger charge is 2.19. The van der Waals surface area contributed by atoms with Gasteiger partial charge in [-0.3, -0.25) is 4.79 Å². The van der Waals surface area contributed by atoms with E-state index in [1.54, 1.807) is 24.5 Å². The third kappa shape index (κ3) is 4.34. The maximum atomic E-state index is 12.4. The van der Waals surface area contributed by atoms with Crippen LogP contribution in [-0.4, -0.2) is 28.1 Å². The van der Waals surface area contributed by atoms with Gasteiger partial charge in [-0.1, -0.05) is 23.1 Å². The summed E-state index contributed by atoms with van der Waals surface area (Å²) in [4.78, 5) is 12.4. The van der Waals surface area contributed by atoms with Gasteiger partial charge in [-0.15, -0.1) is 10.2 Å². The van der Waals surface area contributed by atoms with Gasteiger partial charge in [-0.25, -0.2) is 0 Å². The number of aromatic nitrogens is 2. The van der Waals surface area contributed by atoms with Gasteiger partial charge in [-0.05, 0) is 31.2 Å². The molecule has 10 heteroatoms. The summed E-state index contributed by atoms with van der Waals surface area (Å²) in [5.41, 5.74) is 0.662. The first-order valence-corrected chi connectivity index (χ1v) is 9.84. The second-order valence-corrected chi connectivity index (χ2v) is 8.19. The van der Waals surface area contributed by atoms with E-state index in [1.165, 1.54) is 23.1 Å². The standard InChI is InChI=1S/C17H16N4O4S2/c1-10(15(22)19-11-4-5-13-14(7-11)25-9-24-13)26-17-21-20-16(27-17)18-8-12-3-2-6-23-12/h2-7,10H,8-9H2,1H3,(H,18,20)(H,19,22)/t10-/m0/s1. The fraction of sp³-hybridized carbons (Fsp3) is 0.235. The van der Waals surface area contributed by atoms with Crippen LogP contribution in [0.2, 0.25) is 0 Å². The van der Waals surface area contributed by atoms with Gasteiger partial charge in [0.2, 0.25) is 17.8 Å². The Morgan fingerprint density at radius 3 is 3.04 bits per heavy atom. The predicted octanol–water partition coefficient (Wildman–Crippen LogP) is 3.59. The van der Waals surface area contributed by atoms with Crippen molar-refractivity contribution < 1.29 is 18.7 Å². The summed E-state index contributed by atoms with van der Waals surface area (Å²) in [7, 11) is 0. The summed E-state index contributed by atoms with van der Waals surface area (Å²) in [6, 6.07) is 9.02. The lowest BCUT2D eigenvalue weighted by molar-refractivity contribution is -0.115.